The fourth-order valence-electron chi connectivity index (χ4n) is 2.23. The van der Waals surface area contributed by atoms with Crippen LogP contribution in [-0.2, 0) is 17.8 Å². The molecule has 2 rings (SSSR count). The van der Waals surface area contributed by atoms with Crippen LogP contribution in [0.15, 0.2) is 53.5 Å². The first-order chi connectivity index (χ1) is 11.2. The summed E-state index contributed by atoms with van der Waals surface area (Å²) in [5, 5.41) is 3.89. The highest BCUT2D eigenvalue weighted by Crippen LogP contribution is 2.15. The summed E-state index contributed by atoms with van der Waals surface area (Å²) in [5.41, 5.74) is 9.18. The molecule has 0 fully saturated rings. The highest BCUT2D eigenvalue weighted by molar-refractivity contribution is 14.0. The third-order valence-corrected chi connectivity index (χ3v) is 3.65. The van der Waals surface area contributed by atoms with Crippen LogP contribution in [0, 0.1) is 0 Å². The van der Waals surface area contributed by atoms with E-state index in [0.717, 1.165) is 29.1 Å². The molecule has 0 saturated heterocycles. The minimum Gasteiger partial charge on any atom is -0.380 e. The van der Waals surface area contributed by atoms with Crippen molar-refractivity contribution in [3.8, 4) is 0 Å². The van der Waals surface area contributed by atoms with E-state index < -0.39 is 0 Å². The van der Waals surface area contributed by atoms with Crippen LogP contribution in [0.1, 0.15) is 17.5 Å². The monoisotopic (exact) mass is 459 g/mol. The van der Waals surface area contributed by atoms with Crippen molar-refractivity contribution in [2.75, 3.05) is 19.0 Å². The number of nitrogens with one attached hydrogen (secondary N) is 1. The molecule has 0 spiro atoms. The van der Waals surface area contributed by atoms with Crippen molar-refractivity contribution in [2.45, 2.75) is 19.4 Å². The SMILES string of the molecule is COCc1ccccc1NC(N)=NCCCc1ccc(Cl)cc1.I. The Balaban J connectivity index is 0.00000288. The summed E-state index contributed by atoms with van der Waals surface area (Å²) < 4.78 is 5.18. The first-order valence-corrected chi connectivity index (χ1v) is 7.95. The molecule has 0 saturated carbocycles. The standard InChI is InChI=1S/C18H22ClN3O.HI/c1-23-13-15-6-2-3-7-17(15)22-18(20)21-12-4-5-14-8-10-16(19)11-9-14;/h2-3,6-11H,4-5,12-13H2,1H3,(H3,20,21,22);1H. The van der Waals surface area contributed by atoms with Gasteiger partial charge in [0.1, 0.15) is 0 Å². The molecule has 0 aliphatic heterocycles. The normalized spacial score (nSPS) is 11.0. The number of hydrogen-bond acceptors (Lipinski definition) is 2. The molecule has 0 amide bonds. The Labute approximate surface area is 165 Å². The second kappa shape index (κ2) is 11.3. The minimum absolute atomic E-state index is 0. The van der Waals surface area contributed by atoms with Crippen LogP contribution in [0.5, 0.6) is 0 Å². The average Bonchev–Trinajstić information content (AvgIpc) is 2.55. The zero-order valence-electron chi connectivity index (χ0n) is 13.7. The summed E-state index contributed by atoms with van der Waals surface area (Å²) in [5.74, 6) is 0.421. The summed E-state index contributed by atoms with van der Waals surface area (Å²) in [6.07, 6.45) is 1.89. The van der Waals surface area contributed by atoms with Crippen LogP contribution in [0.25, 0.3) is 0 Å². The summed E-state index contributed by atoms with van der Waals surface area (Å²) in [4.78, 5) is 4.37. The predicted octanol–water partition coefficient (Wildman–Crippen LogP) is 4.46. The zero-order chi connectivity index (χ0) is 16.5. The fourth-order valence-corrected chi connectivity index (χ4v) is 2.36. The summed E-state index contributed by atoms with van der Waals surface area (Å²) in [7, 11) is 1.67. The number of nitrogens with two attached hydrogens (primary N) is 1. The first-order valence-electron chi connectivity index (χ1n) is 7.57. The maximum Gasteiger partial charge on any atom is 0.193 e. The quantitative estimate of drug-likeness (QED) is 0.278. The molecule has 3 N–H and O–H groups in total. The number of rotatable bonds is 7. The molecule has 0 bridgehead atoms. The molecular weight excluding hydrogens is 437 g/mol. The first kappa shape index (κ1) is 20.7. The van der Waals surface area contributed by atoms with E-state index in [1.165, 1.54) is 5.56 Å². The lowest BCUT2D eigenvalue weighted by Gasteiger charge is -2.10. The van der Waals surface area contributed by atoms with E-state index in [0.29, 0.717) is 19.1 Å². The van der Waals surface area contributed by atoms with E-state index in [9.17, 15) is 0 Å². The van der Waals surface area contributed by atoms with Gasteiger partial charge in [0.2, 0.25) is 0 Å². The van der Waals surface area contributed by atoms with Crippen molar-refractivity contribution < 1.29 is 4.74 Å². The van der Waals surface area contributed by atoms with E-state index in [2.05, 4.69) is 10.3 Å². The largest absolute Gasteiger partial charge is 0.380 e. The molecule has 0 aromatic heterocycles. The van der Waals surface area contributed by atoms with Gasteiger partial charge in [-0.25, -0.2) is 0 Å². The third-order valence-electron chi connectivity index (χ3n) is 3.40. The van der Waals surface area contributed by atoms with Crippen LogP contribution in [0.2, 0.25) is 5.02 Å². The molecular formula is C18H23ClIN3O. The van der Waals surface area contributed by atoms with E-state index in [1.807, 2.05) is 48.5 Å². The number of ether oxygens (including phenoxy) is 1. The van der Waals surface area contributed by atoms with Crippen LogP contribution < -0.4 is 11.1 Å². The number of methoxy groups -OCH3 is 1. The summed E-state index contributed by atoms with van der Waals surface area (Å²) >= 11 is 5.87. The fraction of sp³-hybridized carbons (Fsp3) is 0.278. The topological polar surface area (TPSA) is 59.6 Å². The van der Waals surface area contributed by atoms with Gasteiger partial charge >= 0.3 is 0 Å². The molecule has 2 aromatic carbocycles. The van der Waals surface area contributed by atoms with Gasteiger partial charge in [0, 0.05) is 29.9 Å². The molecule has 6 heteroatoms. The Kier molecular flexibility index (Phi) is 9.75. The Morgan fingerprint density at radius 2 is 1.88 bits per heavy atom. The lowest BCUT2D eigenvalue weighted by molar-refractivity contribution is 0.185. The number of hydrogen-bond donors (Lipinski definition) is 2. The number of halogens is 2. The van der Waals surface area contributed by atoms with Crippen LogP contribution >= 0.6 is 35.6 Å². The summed E-state index contributed by atoms with van der Waals surface area (Å²) in [6, 6.07) is 15.8. The van der Waals surface area contributed by atoms with E-state index in [4.69, 9.17) is 22.1 Å². The number of aliphatic imine (C=N–C) groups is 1. The number of benzene rings is 2. The van der Waals surface area contributed by atoms with Gasteiger partial charge in [-0.05, 0) is 36.6 Å². The van der Waals surface area contributed by atoms with Gasteiger partial charge in [0.25, 0.3) is 0 Å². The molecule has 130 valence electrons. The molecule has 0 atom stereocenters. The van der Waals surface area contributed by atoms with Gasteiger partial charge in [-0.1, -0.05) is 41.9 Å². The Bertz CT molecular complexity index is 647. The molecule has 0 heterocycles. The lowest BCUT2D eigenvalue weighted by atomic mass is 10.1. The van der Waals surface area contributed by atoms with Crippen LogP contribution in [0.4, 0.5) is 5.69 Å². The number of nitrogens with zero attached hydrogens (tertiary/aromatic N) is 1. The van der Waals surface area contributed by atoms with E-state index in [1.54, 1.807) is 7.11 Å². The van der Waals surface area contributed by atoms with Crippen molar-refractivity contribution in [2.24, 2.45) is 10.7 Å². The minimum atomic E-state index is 0. The molecule has 0 aliphatic rings. The average molecular weight is 460 g/mol. The van der Waals surface area contributed by atoms with Gasteiger partial charge in [-0.3, -0.25) is 4.99 Å². The van der Waals surface area contributed by atoms with Crippen molar-refractivity contribution >= 4 is 47.2 Å². The van der Waals surface area contributed by atoms with Gasteiger partial charge in [0.15, 0.2) is 5.96 Å². The Morgan fingerprint density at radius 3 is 2.58 bits per heavy atom. The van der Waals surface area contributed by atoms with Gasteiger partial charge in [-0.15, -0.1) is 24.0 Å². The van der Waals surface area contributed by atoms with Crippen molar-refractivity contribution in [1.29, 1.82) is 0 Å². The molecule has 0 unspecified atom stereocenters. The maximum absolute atomic E-state index is 5.95. The second-order valence-electron chi connectivity index (χ2n) is 5.21. The molecule has 2 aromatic rings. The van der Waals surface area contributed by atoms with Crippen molar-refractivity contribution in [1.82, 2.24) is 0 Å². The zero-order valence-corrected chi connectivity index (χ0v) is 16.8. The molecule has 24 heavy (non-hydrogen) atoms. The number of para-hydroxylation sites is 1. The highest BCUT2D eigenvalue weighted by atomic mass is 127. The van der Waals surface area contributed by atoms with E-state index >= 15 is 0 Å². The Morgan fingerprint density at radius 1 is 1.17 bits per heavy atom. The maximum atomic E-state index is 5.95. The number of aryl methyl sites for hydroxylation is 1. The van der Waals surface area contributed by atoms with Crippen LogP contribution in [0.3, 0.4) is 0 Å². The molecule has 0 radical (unpaired) electrons. The molecule has 0 aliphatic carbocycles. The van der Waals surface area contributed by atoms with Gasteiger partial charge < -0.3 is 15.8 Å². The lowest BCUT2D eigenvalue weighted by Crippen LogP contribution is -2.23. The molecule has 4 nitrogen and oxygen atoms in total. The van der Waals surface area contributed by atoms with Gasteiger partial charge in [0.05, 0.1) is 6.61 Å². The van der Waals surface area contributed by atoms with Gasteiger partial charge in [-0.2, -0.15) is 0 Å². The third kappa shape index (κ3) is 7.07. The van der Waals surface area contributed by atoms with Crippen LogP contribution in [-0.4, -0.2) is 19.6 Å². The smallest absolute Gasteiger partial charge is 0.193 e. The summed E-state index contributed by atoms with van der Waals surface area (Å²) in [6.45, 7) is 1.21. The van der Waals surface area contributed by atoms with Crippen molar-refractivity contribution in [3.63, 3.8) is 0 Å². The van der Waals surface area contributed by atoms with E-state index in [-0.39, 0.29) is 24.0 Å². The number of anilines is 1. The second-order valence-corrected chi connectivity index (χ2v) is 5.65. The number of guanidine groups is 1. The highest BCUT2D eigenvalue weighted by Gasteiger charge is 2.02. The Hall–Kier alpha value is -1.31. The van der Waals surface area contributed by atoms with Crippen molar-refractivity contribution in [3.05, 3.63) is 64.7 Å². The predicted molar refractivity (Wildman–Crippen MR) is 112 cm³/mol.